The monoisotopic (exact) mass is 345 g/mol. The largest absolute Gasteiger partial charge is 0.508 e. The molecule has 1 aliphatic rings. The highest BCUT2D eigenvalue weighted by molar-refractivity contribution is 8.00. The molecule has 0 unspecified atom stereocenters. The lowest BCUT2D eigenvalue weighted by Gasteiger charge is -2.27. The number of aromatic hydroxyl groups is 1. The summed E-state index contributed by atoms with van der Waals surface area (Å²) in [6.45, 7) is 6.12. The molecule has 1 fully saturated rings. The van der Waals surface area contributed by atoms with Crippen LogP contribution in [0.1, 0.15) is 6.42 Å². The molecule has 2 rings (SSSR count). The van der Waals surface area contributed by atoms with Crippen molar-refractivity contribution in [2.75, 3.05) is 45.0 Å². The molecule has 0 aliphatic carbocycles. The van der Waals surface area contributed by atoms with Gasteiger partial charge in [0.15, 0.2) is 0 Å². The van der Waals surface area contributed by atoms with Crippen molar-refractivity contribution in [1.82, 2.24) is 15.5 Å². The minimum Gasteiger partial charge on any atom is -0.508 e. The van der Waals surface area contributed by atoms with Crippen molar-refractivity contribution in [2.45, 2.75) is 11.3 Å². The van der Waals surface area contributed by atoms with Crippen LogP contribution in [0, 0.1) is 0 Å². The van der Waals surface area contributed by atoms with Gasteiger partial charge in [-0.1, -0.05) is 0 Å². The second-order valence-corrected chi connectivity index (χ2v) is 6.13. The smallest absolute Gasteiger partial charge is 0.230 e. The molecule has 0 atom stereocenters. The number of thioether (sulfide) groups is 1. The van der Waals surface area contributed by atoms with Gasteiger partial charge in [-0.3, -0.25) is 4.79 Å². The van der Waals surface area contributed by atoms with Crippen LogP contribution in [0.15, 0.2) is 29.2 Å². The summed E-state index contributed by atoms with van der Waals surface area (Å²) in [4.78, 5) is 15.1. The number of hydrogen-bond donors (Lipinski definition) is 3. The summed E-state index contributed by atoms with van der Waals surface area (Å²) < 4.78 is 0. The first-order chi connectivity index (χ1) is 10.2. The van der Waals surface area contributed by atoms with E-state index in [4.69, 9.17) is 0 Å². The lowest BCUT2D eigenvalue weighted by Crippen LogP contribution is -2.44. The summed E-state index contributed by atoms with van der Waals surface area (Å²) >= 11 is 1.48. The van der Waals surface area contributed by atoms with Gasteiger partial charge in [-0.15, -0.1) is 24.2 Å². The fraction of sp³-hybridized carbons (Fsp3) is 0.533. The molecule has 22 heavy (non-hydrogen) atoms. The Kier molecular flexibility index (Phi) is 9.31. The molecule has 1 aliphatic heterocycles. The van der Waals surface area contributed by atoms with Gasteiger partial charge in [-0.2, -0.15) is 0 Å². The maximum Gasteiger partial charge on any atom is 0.230 e. The number of nitrogens with one attached hydrogen (secondary N) is 2. The average molecular weight is 346 g/mol. The highest BCUT2D eigenvalue weighted by atomic mass is 35.5. The molecule has 1 aromatic rings. The van der Waals surface area contributed by atoms with Gasteiger partial charge in [0.1, 0.15) is 5.75 Å². The molecule has 1 aromatic carbocycles. The van der Waals surface area contributed by atoms with Crippen molar-refractivity contribution in [3.8, 4) is 5.75 Å². The number of nitrogens with zero attached hydrogens (tertiary/aromatic N) is 1. The fourth-order valence-corrected chi connectivity index (χ4v) is 2.94. The number of carbonyl (C=O) groups excluding carboxylic acids is 1. The fourth-order valence-electron chi connectivity index (χ4n) is 2.21. The third kappa shape index (κ3) is 7.35. The van der Waals surface area contributed by atoms with E-state index < -0.39 is 0 Å². The number of carbonyl (C=O) groups is 1. The Hall–Kier alpha value is -0.950. The normalized spacial score (nSPS) is 15.1. The Labute approximate surface area is 142 Å². The first-order valence-electron chi connectivity index (χ1n) is 7.35. The summed E-state index contributed by atoms with van der Waals surface area (Å²) in [6.07, 6.45) is 0.996. The molecule has 0 saturated carbocycles. The van der Waals surface area contributed by atoms with Crippen LogP contribution >= 0.6 is 24.2 Å². The van der Waals surface area contributed by atoms with E-state index in [0.717, 1.165) is 50.6 Å². The minimum atomic E-state index is 0. The number of phenolic OH excluding ortho intramolecular Hbond substituents is 1. The lowest BCUT2D eigenvalue weighted by atomic mass is 10.3. The van der Waals surface area contributed by atoms with E-state index in [1.165, 1.54) is 11.8 Å². The van der Waals surface area contributed by atoms with E-state index >= 15 is 0 Å². The molecule has 1 amide bonds. The topological polar surface area (TPSA) is 64.6 Å². The molecule has 3 N–H and O–H groups in total. The number of rotatable bonds is 7. The summed E-state index contributed by atoms with van der Waals surface area (Å²) in [6, 6.07) is 6.90. The second kappa shape index (κ2) is 10.7. The van der Waals surface area contributed by atoms with E-state index in [9.17, 15) is 9.90 Å². The summed E-state index contributed by atoms with van der Waals surface area (Å²) in [5.41, 5.74) is 0. The van der Waals surface area contributed by atoms with Crippen molar-refractivity contribution in [1.29, 1.82) is 0 Å². The molecular formula is C15H24ClN3O2S. The van der Waals surface area contributed by atoms with E-state index in [-0.39, 0.29) is 24.1 Å². The Bertz CT molecular complexity index is 439. The molecule has 0 aromatic heterocycles. The number of amides is 1. The highest BCUT2D eigenvalue weighted by Gasteiger charge is 2.08. The van der Waals surface area contributed by atoms with Crippen LogP contribution < -0.4 is 10.6 Å². The molecule has 0 bridgehead atoms. The summed E-state index contributed by atoms with van der Waals surface area (Å²) in [5.74, 6) is 0.725. The number of hydrogen-bond acceptors (Lipinski definition) is 5. The van der Waals surface area contributed by atoms with Crippen molar-refractivity contribution in [3.63, 3.8) is 0 Å². The molecule has 1 heterocycles. The number of benzene rings is 1. The Balaban J connectivity index is 0.00000242. The van der Waals surface area contributed by atoms with Gasteiger partial charge >= 0.3 is 0 Å². The Morgan fingerprint density at radius 2 is 1.95 bits per heavy atom. The van der Waals surface area contributed by atoms with Crippen LogP contribution in [0.4, 0.5) is 0 Å². The third-order valence-electron chi connectivity index (χ3n) is 3.39. The highest BCUT2D eigenvalue weighted by Crippen LogP contribution is 2.20. The Morgan fingerprint density at radius 3 is 2.64 bits per heavy atom. The van der Waals surface area contributed by atoms with Gasteiger partial charge in [0, 0.05) is 37.6 Å². The van der Waals surface area contributed by atoms with Gasteiger partial charge < -0.3 is 20.6 Å². The lowest BCUT2D eigenvalue weighted by molar-refractivity contribution is -0.118. The summed E-state index contributed by atoms with van der Waals surface area (Å²) in [5, 5.41) is 15.5. The van der Waals surface area contributed by atoms with Crippen LogP contribution in [0.25, 0.3) is 0 Å². The van der Waals surface area contributed by atoms with Crippen LogP contribution in [-0.4, -0.2) is 60.9 Å². The van der Waals surface area contributed by atoms with E-state index in [0.29, 0.717) is 5.75 Å². The van der Waals surface area contributed by atoms with Crippen LogP contribution in [0.3, 0.4) is 0 Å². The van der Waals surface area contributed by atoms with Crippen molar-refractivity contribution < 1.29 is 9.90 Å². The maximum atomic E-state index is 11.7. The Morgan fingerprint density at radius 1 is 1.27 bits per heavy atom. The van der Waals surface area contributed by atoms with Crippen LogP contribution in [0.2, 0.25) is 0 Å². The molecule has 7 heteroatoms. The van der Waals surface area contributed by atoms with E-state index in [2.05, 4.69) is 15.5 Å². The zero-order valence-corrected chi connectivity index (χ0v) is 14.2. The predicted molar refractivity (Wildman–Crippen MR) is 93.0 cm³/mol. The molecule has 5 nitrogen and oxygen atoms in total. The molecule has 0 radical (unpaired) electrons. The molecule has 0 spiro atoms. The van der Waals surface area contributed by atoms with Crippen molar-refractivity contribution in [3.05, 3.63) is 24.3 Å². The zero-order chi connectivity index (χ0) is 14.9. The van der Waals surface area contributed by atoms with E-state index in [1.54, 1.807) is 12.1 Å². The van der Waals surface area contributed by atoms with Gasteiger partial charge in [-0.25, -0.2) is 0 Å². The molecule has 1 saturated heterocycles. The van der Waals surface area contributed by atoms with Gasteiger partial charge in [0.2, 0.25) is 5.91 Å². The van der Waals surface area contributed by atoms with Crippen LogP contribution in [-0.2, 0) is 4.79 Å². The minimum absolute atomic E-state index is 0. The maximum absolute atomic E-state index is 11.7. The number of halogens is 1. The molecular weight excluding hydrogens is 322 g/mol. The predicted octanol–water partition coefficient (Wildman–Crippen LogP) is 1.32. The number of piperazine rings is 1. The third-order valence-corrected chi connectivity index (χ3v) is 4.40. The first-order valence-corrected chi connectivity index (χ1v) is 8.34. The van der Waals surface area contributed by atoms with Gasteiger partial charge in [0.25, 0.3) is 0 Å². The second-order valence-electron chi connectivity index (χ2n) is 5.08. The van der Waals surface area contributed by atoms with Crippen molar-refractivity contribution >= 4 is 30.1 Å². The van der Waals surface area contributed by atoms with E-state index in [1.807, 2.05) is 12.1 Å². The van der Waals surface area contributed by atoms with Crippen LogP contribution in [0.5, 0.6) is 5.75 Å². The van der Waals surface area contributed by atoms with Gasteiger partial charge in [0.05, 0.1) is 5.75 Å². The van der Waals surface area contributed by atoms with Crippen molar-refractivity contribution in [2.24, 2.45) is 0 Å². The standard InChI is InChI=1S/C15H23N3O2S.ClH/c19-13-2-4-14(5-3-13)21-12-15(20)17-6-1-9-18-10-7-16-8-11-18;/h2-5,16,19H,1,6-12H2,(H,17,20);1H. The average Bonchev–Trinajstić information content (AvgIpc) is 2.52. The summed E-state index contributed by atoms with van der Waals surface area (Å²) in [7, 11) is 0. The van der Waals surface area contributed by atoms with Gasteiger partial charge in [-0.05, 0) is 37.2 Å². The molecule has 124 valence electrons. The zero-order valence-electron chi connectivity index (χ0n) is 12.6. The number of phenols is 1. The quantitative estimate of drug-likeness (QED) is 0.514. The first kappa shape index (κ1) is 19.1. The SMILES string of the molecule is Cl.O=C(CSc1ccc(O)cc1)NCCCN1CCNCC1.